The molecule has 2 aromatic heterocycles. The minimum atomic E-state index is -0.381. The summed E-state index contributed by atoms with van der Waals surface area (Å²) in [7, 11) is 0. The molecule has 4 heteroatoms. The molecule has 0 spiro atoms. The van der Waals surface area contributed by atoms with Crippen molar-refractivity contribution in [1.29, 1.82) is 0 Å². The van der Waals surface area contributed by atoms with Gasteiger partial charge >= 0.3 is 5.63 Å². The largest absolute Gasteiger partial charge is 0.422 e. The number of aromatic nitrogens is 2. The highest BCUT2D eigenvalue weighted by atomic mass is 16.4. The molecule has 106 valence electrons. The first-order valence-corrected chi connectivity index (χ1v) is 6.95. The standard InChI is InChI=1S/C17H16N2O2/c1-3-4-8-14-11(2)18-16(19-14)13-10-12-7-5-6-9-15(12)21-17(13)20/h4-10H,3H2,1-2H3,(H,18,19)/b8-4-. The molecule has 21 heavy (non-hydrogen) atoms. The van der Waals surface area contributed by atoms with Crippen LogP contribution in [0.2, 0.25) is 0 Å². The van der Waals surface area contributed by atoms with E-state index in [0.29, 0.717) is 17.0 Å². The number of hydrogen-bond acceptors (Lipinski definition) is 3. The lowest BCUT2D eigenvalue weighted by Gasteiger charge is -1.98. The average Bonchev–Trinajstić information content (AvgIpc) is 2.85. The molecule has 0 aliphatic rings. The van der Waals surface area contributed by atoms with Crippen LogP contribution in [0.25, 0.3) is 28.4 Å². The highest BCUT2D eigenvalue weighted by Gasteiger charge is 2.12. The summed E-state index contributed by atoms with van der Waals surface area (Å²) in [6.45, 7) is 4.01. The van der Waals surface area contributed by atoms with E-state index in [2.05, 4.69) is 16.9 Å². The van der Waals surface area contributed by atoms with Crippen molar-refractivity contribution in [3.8, 4) is 11.4 Å². The molecular weight excluding hydrogens is 264 g/mol. The third-order valence-electron chi connectivity index (χ3n) is 3.33. The van der Waals surface area contributed by atoms with E-state index in [1.54, 1.807) is 6.07 Å². The third kappa shape index (κ3) is 2.52. The highest BCUT2D eigenvalue weighted by Crippen LogP contribution is 2.20. The van der Waals surface area contributed by atoms with Gasteiger partial charge in [-0.3, -0.25) is 0 Å². The van der Waals surface area contributed by atoms with E-state index < -0.39 is 0 Å². The van der Waals surface area contributed by atoms with Crippen molar-refractivity contribution >= 4 is 17.0 Å². The lowest BCUT2D eigenvalue weighted by atomic mass is 10.2. The zero-order chi connectivity index (χ0) is 14.8. The molecule has 0 saturated heterocycles. The second-order valence-electron chi connectivity index (χ2n) is 4.89. The molecule has 0 amide bonds. The number of hydrogen-bond donors (Lipinski definition) is 1. The topological polar surface area (TPSA) is 58.9 Å². The predicted octanol–water partition coefficient (Wildman–Crippen LogP) is 3.91. The molecule has 0 atom stereocenters. The van der Waals surface area contributed by atoms with Crippen molar-refractivity contribution in [2.45, 2.75) is 20.3 Å². The van der Waals surface area contributed by atoms with Gasteiger partial charge in [0, 0.05) is 11.1 Å². The number of benzene rings is 1. The molecule has 0 bridgehead atoms. The van der Waals surface area contributed by atoms with E-state index in [9.17, 15) is 4.79 Å². The summed E-state index contributed by atoms with van der Waals surface area (Å²) in [5.74, 6) is 0.544. The Morgan fingerprint density at radius 3 is 2.95 bits per heavy atom. The quantitative estimate of drug-likeness (QED) is 0.740. The summed E-state index contributed by atoms with van der Waals surface area (Å²) in [5, 5.41) is 0.881. The number of aromatic amines is 1. The van der Waals surface area contributed by atoms with Gasteiger partial charge in [-0.05, 0) is 31.6 Å². The van der Waals surface area contributed by atoms with Crippen molar-refractivity contribution in [2.75, 3.05) is 0 Å². The van der Waals surface area contributed by atoms with Gasteiger partial charge in [0.15, 0.2) is 0 Å². The minimum Gasteiger partial charge on any atom is -0.422 e. The lowest BCUT2D eigenvalue weighted by Crippen LogP contribution is -2.03. The van der Waals surface area contributed by atoms with Crippen LogP contribution < -0.4 is 5.63 Å². The number of H-pyrrole nitrogens is 1. The van der Waals surface area contributed by atoms with Crippen LogP contribution in [0.5, 0.6) is 0 Å². The van der Waals surface area contributed by atoms with Crippen molar-refractivity contribution in [3.05, 3.63) is 58.2 Å². The maximum atomic E-state index is 12.1. The fraction of sp³-hybridized carbons (Fsp3) is 0.176. The van der Waals surface area contributed by atoms with E-state index in [4.69, 9.17) is 4.42 Å². The van der Waals surface area contributed by atoms with Crippen LogP contribution in [0.15, 0.2) is 45.6 Å². The zero-order valence-electron chi connectivity index (χ0n) is 12.0. The Hall–Kier alpha value is -2.62. The highest BCUT2D eigenvalue weighted by molar-refractivity contribution is 5.80. The van der Waals surface area contributed by atoms with Crippen LogP contribution in [0.3, 0.4) is 0 Å². The predicted molar refractivity (Wildman–Crippen MR) is 84.1 cm³/mol. The molecule has 1 aromatic carbocycles. The number of nitrogens with zero attached hydrogens (tertiary/aromatic N) is 1. The van der Waals surface area contributed by atoms with Gasteiger partial charge in [-0.2, -0.15) is 0 Å². The smallest absolute Gasteiger partial charge is 0.347 e. The van der Waals surface area contributed by atoms with Gasteiger partial charge in [0.25, 0.3) is 0 Å². The van der Waals surface area contributed by atoms with Crippen molar-refractivity contribution < 1.29 is 4.42 Å². The van der Waals surface area contributed by atoms with Crippen LogP contribution in [-0.2, 0) is 0 Å². The summed E-state index contributed by atoms with van der Waals surface area (Å²) in [6, 6.07) is 9.26. The second-order valence-corrected chi connectivity index (χ2v) is 4.89. The van der Waals surface area contributed by atoms with Gasteiger partial charge < -0.3 is 9.40 Å². The number of fused-ring (bicyclic) bond motifs is 1. The molecule has 3 aromatic rings. The van der Waals surface area contributed by atoms with Gasteiger partial charge in [-0.15, -0.1) is 0 Å². The van der Waals surface area contributed by atoms with Crippen LogP contribution in [0.1, 0.15) is 24.7 Å². The van der Waals surface area contributed by atoms with Gasteiger partial charge in [0.1, 0.15) is 17.0 Å². The van der Waals surface area contributed by atoms with Crippen LogP contribution >= 0.6 is 0 Å². The second kappa shape index (κ2) is 5.40. The van der Waals surface area contributed by atoms with E-state index in [1.165, 1.54) is 0 Å². The van der Waals surface area contributed by atoms with Gasteiger partial charge in [-0.1, -0.05) is 31.2 Å². The SMILES string of the molecule is CC/C=C\c1nc(-c2cc3ccccc3oc2=O)[nH]c1C. The van der Waals surface area contributed by atoms with Crippen molar-refractivity contribution in [2.24, 2.45) is 0 Å². The van der Waals surface area contributed by atoms with Crippen LogP contribution in [0.4, 0.5) is 0 Å². The van der Waals surface area contributed by atoms with Crippen LogP contribution in [0, 0.1) is 6.92 Å². The fourth-order valence-corrected chi connectivity index (χ4v) is 2.22. The first-order chi connectivity index (χ1) is 10.2. The lowest BCUT2D eigenvalue weighted by molar-refractivity contribution is 0.563. The maximum Gasteiger partial charge on any atom is 0.347 e. The Labute approximate surface area is 122 Å². The Morgan fingerprint density at radius 2 is 2.14 bits per heavy atom. The summed E-state index contributed by atoms with van der Waals surface area (Å²) >= 11 is 0. The molecule has 4 nitrogen and oxygen atoms in total. The Balaban J connectivity index is 2.14. The zero-order valence-corrected chi connectivity index (χ0v) is 12.0. The number of para-hydroxylation sites is 1. The first kappa shape index (κ1) is 13.4. The molecule has 0 saturated carbocycles. The van der Waals surface area contributed by atoms with Crippen LogP contribution in [-0.4, -0.2) is 9.97 Å². The average molecular weight is 280 g/mol. The third-order valence-corrected chi connectivity index (χ3v) is 3.33. The summed E-state index contributed by atoms with van der Waals surface area (Å²) in [6.07, 6.45) is 4.94. The molecule has 3 rings (SSSR count). The summed E-state index contributed by atoms with van der Waals surface area (Å²) in [5.41, 5.74) is 2.43. The Bertz CT molecular complexity index is 872. The van der Waals surface area contributed by atoms with Gasteiger partial charge in [-0.25, -0.2) is 9.78 Å². The molecule has 0 unspecified atom stereocenters. The van der Waals surface area contributed by atoms with E-state index in [-0.39, 0.29) is 5.63 Å². The Kier molecular flexibility index (Phi) is 3.44. The molecule has 0 fully saturated rings. The number of allylic oxidation sites excluding steroid dienone is 1. The maximum absolute atomic E-state index is 12.1. The molecule has 0 aliphatic heterocycles. The molecule has 1 N–H and O–H groups in total. The summed E-state index contributed by atoms with van der Waals surface area (Å²) < 4.78 is 5.34. The Morgan fingerprint density at radius 1 is 1.33 bits per heavy atom. The van der Waals surface area contributed by atoms with Gasteiger partial charge in [0.05, 0.1) is 5.69 Å². The summed E-state index contributed by atoms with van der Waals surface area (Å²) in [4.78, 5) is 19.8. The molecular formula is C17H16N2O2. The number of aryl methyl sites for hydroxylation is 1. The fourth-order valence-electron chi connectivity index (χ4n) is 2.22. The minimum absolute atomic E-state index is 0.381. The van der Waals surface area contributed by atoms with Crippen molar-refractivity contribution in [1.82, 2.24) is 9.97 Å². The molecule has 2 heterocycles. The number of nitrogens with one attached hydrogen (secondary N) is 1. The van der Waals surface area contributed by atoms with E-state index in [0.717, 1.165) is 23.2 Å². The van der Waals surface area contributed by atoms with Crippen molar-refractivity contribution in [3.63, 3.8) is 0 Å². The monoisotopic (exact) mass is 280 g/mol. The number of imidazole rings is 1. The molecule has 0 radical (unpaired) electrons. The van der Waals surface area contributed by atoms with Gasteiger partial charge in [0.2, 0.25) is 0 Å². The van der Waals surface area contributed by atoms with E-state index >= 15 is 0 Å². The number of rotatable bonds is 3. The normalized spacial score (nSPS) is 11.5. The first-order valence-electron chi connectivity index (χ1n) is 6.95. The van der Waals surface area contributed by atoms with E-state index in [1.807, 2.05) is 43.3 Å². The molecule has 0 aliphatic carbocycles.